The number of rotatable bonds is 13. The fourth-order valence-electron chi connectivity index (χ4n) is 7.00. The van der Waals surface area contributed by atoms with Gasteiger partial charge in [0.25, 0.3) is 0 Å². The van der Waals surface area contributed by atoms with E-state index >= 15 is 4.39 Å². The summed E-state index contributed by atoms with van der Waals surface area (Å²) in [6, 6.07) is 10.2. The third-order valence-corrected chi connectivity index (χ3v) is 9.42. The second-order valence-electron chi connectivity index (χ2n) is 14.5. The number of aryl methyl sites for hydroxylation is 1. The first-order valence-electron chi connectivity index (χ1n) is 15.6. The number of carbonyl (C=O) groups is 3. The second-order valence-corrected chi connectivity index (χ2v) is 14.5. The highest BCUT2D eigenvalue weighted by molar-refractivity contribution is 6.41. The van der Waals surface area contributed by atoms with Crippen molar-refractivity contribution >= 4 is 55.7 Å². The Balaban J connectivity index is 2.02. The fourth-order valence-corrected chi connectivity index (χ4v) is 7.00. The summed E-state index contributed by atoms with van der Waals surface area (Å²) in [4.78, 5) is 40.9. The lowest BCUT2D eigenvalue weighted by Crippen LogP contribution is -2.82. The van der Waals surface area contributed by atoms with Crippen molar-refractivity contribution in [2.24, 2.45) is 0 Å². The van der Waals surface area contributed by atoms with Gasteiger partial charge in [-0.25, -0.2) is 4.39 Å². The average molecular weight is 650 g/mol. The average Bonchev–Trinajstić information content (AvgIpc) is 2.95. The monoisotopic (exact) mass is 650 g/mol. The van der Waals surface area contributed by atoms with E-state index < -0.39 is 39.2 Å². The first-order valence-corrected chi connectivity index (χ1v) is 15.6. The van der Waals surface area contributed by atoms with Gasteiger partial charge in [-0.3, -0.25) is 14.5 Å². The summed E-state index contributed by atoms with van der Waals surface area (Å²) in [5.41, 5.74) is -8.74. The first kappa shape index (κ1) is 38.3. The van der Waals surface area contributed by atoms with Gasteiger partial charge in [-0.05, 0) is 46.2 Å². The van der Waals surface area contributed by atoms with Crippen LogP contribution in [0.25, 0.3) is 0 Å². The number of ether oxygens (including phenoxy) is 1. The van der Waals surface area contributed by atoms with Gasteiger partial charge in [-0.2, -0.15) is 0 Å². The number of hydrogen-bond donors (Lipinski definition) is 5. The molecule has 1 heterocycles. The van der Waals surface area contributed by atoms with Crippen LogP contribution in [-0.2, 0) is 37.8 Å². The molecule has 3 rings (SSSR count). The molecule has 5 N–H and O–H groups in total. The standard InChI is InChI=1S/C31H47B4FN4O7/c1-19-9-7-12-22(23(19)30(34,45)40(18-42)29(33,25(43)37-6)31(35,46)28(32,44)17-41)38-13-20-10-8-11-21(24(20)36)14-39-15-26(2,3)47-27(4,5)16-39/h7-12,17-18,38,44-46H,13-16,32-35H2,1-6H3,(H,37,43). The number of aldehydes is 1. The van der Waals surface area contributed by atoms with Gasteiger partial charge in [0.1, 0.15) is 36.5 Å². The second kappa shape index (κ2) is 13.4. The first-order chi connectivity index (χ1) is 21.5. The van der Waals surface area contributed by atoms with E-state index in [-0.39, 0.29) is 30.6 Å². The Morgan fingerprint density at radius 1 is 1.02 bits per heavy atom. The predicted octanol–water partition coefficient (Wildman–Crippen LogP) is -2.75. The SMILES string of the molecule is BC(O)(c1c(C)cccc1NCc1cccc(CN2CC(C)(C)OC(C)(C)C2)c1F)N(C=O)C(B)(C(=O)NC)C(B)(O)C(B)(O)C=O. The van der Waals surface area contributed by atoms with E-state index in [2.05, 4.69) is 15.5 Å². The molecule has 1 aliphatic heterocycles. The summed E-state index contributed by atoms with van der Waals surface area (Å²) < 4.78 is 22.1. The van der Waals surface area contributed by atoms with Crippen molar-refractivity contribution in [3.63, 3.8) is 0 Å². The molecule has 0 radical (unpaired) electrons. The van der Waals surface area contributed by atoms with Gasteiger partial charge in [0.15, 0.2) is 23.5 Å². The molecule has 0 spiro atoms. The zero-order chi connectivity index (χ0) is 35.8. The molecule has 2 amide bonds. The minimum absolute atomic E-state index is 0.0116. The van der Waals surface area contributed by atoms with Crippen LogP contribution in [0.1, 0.15) is 49.9 Å². The van der Waals surface area contributed by atoms with Crippen LogP contribution in [-0.4, -0.2) is 123 Å². The molecular formula is C31H47B4FN4O7. The number of aliphatic hydroxyl groups is 3. The van der Waals surface area contributed by atoms with Crippen LogP contribution < -0.4 is 10.6 Å². The summed E-state index contributed by atoms with van der Waals surface area (Å²) in [6.45, 7) is 11.4. The van der Waals surface area contributed by atoms with Crippen LogP contribution in [0.3, 0.4) is 0 Å². The fraction of sp³-hybridized carbons (Fsp3) is 0.516. The Hall–Kier alpha value is -3.16. The number of carbonyl (C=O) groups excluding carboxylic acids is 3. The molecule has 11 nitrogen and oxygen atoms in total. The molecule has 0 aliphatic carbocycles. The predicted molar refractivity (Wildman–Crippen MR) is 188 cm³/mol. The lowest BCUT2D eigenvalue weighted by Gasteiger charge is -2.56. The van der Waals surface area contributed by atoms with Crippen LogP contribution in [0, 0.1) is 12.7 Å². The van der Waals surface area contributed by atoms with Crippen LogP contribution in [0.2, 0.25) is 0 Å². The quantitative estimate of drug-likeness (QED) is 0.0884. The Labute approximate surface area is 280 Å². The summed E-state index contributed by atoms with van der Waals surface area (Å²) in [7, 11) is 5.70. The smallest absolute Gasteiger partial charge is 0.239 e. The summed E-state index contributed by atoms with van der Waals surface area (Å²) in [6.07, 6.45) is 0.244. The van der Waals surface area contributed by atoms with Crippen LogP contribution in [0.15, 0.2) is 36.4 Å². The number of likely N-dealkylation sites (N-methyl/N-ethyl adjacent to an activating group) is 1. The highest BCUT2D eigenvalue weighted by Crippen LogP contribution is 2.40. The Bertz CT molecular complexity index is 1490. The molecular weight excluding hydrogens is 603 g/mol. The molecule has 47 heavy (non-hydrogen) atoms. The van der Waals surface area contributed by atoms with Crippen LogP contribution in [0.4, 0.5) is 10.1 Å². The number of nitrogens with zero attached hydrogens (tertiary/aromatic N) is 2. The van der Waals surface area contributed by atoms with E-state index in [4.69, 9.17) is 4.74 Å². The number of morpholine rings is 1. The van der Waals surface area contributed by atoms with Crippen LogP contribution in [0.5, 0.6) is 0 Å². The molecule has 0 bridgehead atoms. The van der Waals surface area contributed by atoms with E-state index in [0.717, 1.165) is 23.5 Å². The van der Waals surface area contributed by atoms with Gasteiger partial charge >= 0.3 is 0 Å². The number of benzene rings is 2. The largest absolute Gasteiger partial charge is 0.394 e. The molecule has 252 valence electrons. The maximum atomic E-state index is 15.9. The van der Waals surface area contributed by atoms with Crippen molar-refractivity contribution in [1.82, 2.24) is 15.1 Å². The topological polar surface area (TPSA) is 152 Å². The van der Waals surface area contributed by atoms with Gasteiger partial charge in [-0.15, -0.1) is 0 Å². The number of nitrogens with one attached hydrogen (secondary N) is 2. The number of hydrogen-bond acceptors (Lipinski definition) is 9. The Morgan fingerprint density at radius 2 is 1.57 bits per heavy atom. The molecule has 1 fully saturated rings. The van der Waals surface area contributed by atoms with Gasteiger partial charge in [0.05, 0.1) is 16.7 Å². The van der Waals surface area contributed by atoms with Crippen molar-refractivity contribution in [3.05, 3.63) is 64.5 Å². The third kappa shape index (κ3) is 7.31. The molecule has 4 unspecified atom stereocenters. The van der Waals surface area contributed by atoms with E-state index in [0.29, 0.717) is 46.9 Å². The molecule has 1 saturated heterocycles. The zero-order valence-corrected chi connectivity index (χ0v) is 29.2. The lowest BCUT2D eigenvalue weighted by molar-refractivity contribution is -0.182. The zero-order valence-electron chi connectivity index (χ0n) is 29.2. The van der Waals surface area contributed by atoms with Gasteiger partial charge in [0, 0.05) is 55.6 Å². The normalized spacial score (nSPS) is 21.1. The minimum atomic E-state index is -2.60. The maximum absolute atomic E-state index is 15.9. The molecule has 16 heteroatoms. The van der Waals surface area contributed by atoms with Crippen molar-refractivity contribution in [3.8, 4) is 0 Å². The third-order valence-electron chi connectivity index (χ3n) is 9.42. The molecule has 2 aromatic carbocycles. The van der Waals surface area contributed by atoms with Crippen molar-refractivity contribution in [2.75, 3.05) is 25.5 Å². The summed E-state index contributed by atoms with van der Waals surface area (Å²) in [5, 5.41) is 40.1. The highest BCUT2D eigenvalue weighted by Gasteiger charge is 2.63. The summed E-state index contributed by atoms with van der Waals surface area (Å²) in [5.74, 6) is -1.33. The van der Waals surface area contributed by atoms with Gasteiger partial charge in [0.2, 0.25) is 12.3 Å². The van der Waals surface area contributed by atoms with Crippen molar-refractivity contribution in [2.45, 2.75) is 81.0 Å². The Morgan fingerprint density at radius 3 is 2.11 bits per heavy atom. The molecule has 0 aromatic heterocycles. The lowest BCUT2D eigenvalue weighted by atomic mass is 9.44. The highest BCUT2D eigenvalue weighted by atomic mass is 19.1. The molecule has 0 saturated carbocycles. The van der Waals surface area contributed by atoms with E-state index in [1.165, 1.54) is 14.9 Å². The van der Waals surface area contributed by atoms with E-state index in [1.54, 1.807) is 43.3 Å². The maximum Gasteiger partial charge on any atom is 0.239 e. The number of amides is 2. The Kier molecular flexibility index (Phi) is 10.9. The van der Waals surface area contributed by atoms with E-state index in [9.17, 15) is 29.7 Å². The van der Waals surface area contributed by atoms with Crippen molar-refractivity contribution in [1.29, 1.82) is 0 Å². The van der Waals surface area contributed by atoms with E-state index in [1.807, 2.05) is 27.7 Å². The minimum Gasteiger partial charge on any atom is -0.394 e. The van der Waals surface area contributed by atoms with Crippen LogP contribution >= 0.6 is 0 Å². The van der Waals surface area contributed by atoms with Gasteiger partial charge in [-0.1, -0.05) is 30.3 Å². The number of halogens is 1. The number of anilines is 1. The van der Waals surface area contributed by atoms with Gasteiger partial charge < -0.3 is 40.4 Å². The van der Waals surface area contributed by atoms with Crippen molar-refractivity contribution < 1.29 is 38.8 Å². The molecule has 1 aliphatic rings. The molecule has 2 aromatic rings. The summed E-state index contributed by atoms with van der Waals surface area (Å²) >= 11 is 0. The molecule has 4 atom stereocenters.